The van der Waals surface area contributed by atoms with Gasteiger partial charge < -0.3 is 20.7 Å². The van der Waals surface area contributed by atoms with Crippen LogP contribution in [0.1, 0.15) is 6.23 Å². The first-order chi connectivity index (χ1) is 8.45. The number of nitrogens with two attached hydrogens (primary N) is 1. The van der Waals surface area contributed by atoms with E-state index in [0.717, 1.165) is 4.57 Å². The van der Waals surface area contributed by atoms with E-state index < -0.39 is 36.9 Å². The van der Waals surface area contributed by atoms with Gasteiger partial charge in [-0.2, -0.15) is 4.98 Å². The second-order valence-electron chi connectivity index (χ2n) is 3.85. The number of hydrogen-bond donors (Lipinski definition) is 3. The Labute approximate surface area is 109 Å². The quantitative estimate of drug-likeness (QED) is 0.655. The van der Waals surface area contributed by atoms with E-state index in [0.29, 0.717) is 4.47 Å². The zero-order chi connectivity index (χ0) is 13.4. The molecular weight excluding hydrogens is 313 g/mol. The molecule has 7 nitrogen and oxygen atoms in total. The third kappa shape index (κ3) is 2.14. The lowest BCUT2D eigenvalue weighted by Crippen LogP contribution is -2.33. The summed E-state index contributed by atoms with van der Waals surface area (Å²) in [5, 5.41) is 18.4. The number of aliphatic hydroxyl groups excluding tert-OH is 2. The number of hydrogen-bond acceptors (Lipinski definition) is 6. The molecule has 1 saturated heterocycles. The monoisotopic (exact) mass is 323 g/mol. The van der Waals surface area contributed by atoms with Gasteiger partial charge >= 0.3 is 5.69 Å². The normalized spacial score (nSPS) is 31.8. The van der Waals surface area contributed by atoms with Crippen LogP contribution in [0.15, 0.2) is 15.5 Å². The number of halogens is 2. The lowest BCUT2D eigenvalue weighted by atomic mass is 10.1. The lowest BCUT2D eigenvalue weighted by Gasteiger charge is -2.16. The Hall–Kier alpha value is -1.03. The molecule has 100 valence electrons. The minimum atomic E-state index is -1.84. The maximum Gasteiger partial charge on any atom is 0.351 e. The second-order valence-corrected chi connectivity index (χ2v) is 4.70. The van der Waals surface area contributed by atoms with Gasteiger partial charge in [0, 0.05) is 6.20 Å². The van der Waals surface area contributed by atoms with Crippen molar-refractivity contribution in [3.63, 3.8) is 0 Å². The smallest absolute Gasteiger partial charge is 0.351 e. The summed E-state index contributed by atoms with van der Waals surface area (Å²) < 4.78 is 20.1. The molecule has 0 radical (unpaired) electrons. The molecule has 0 aliphatic carbocycles. The van der Waals surface area contributed by atoms with E-state index in [4.69, 9.17) is 15.6 Å². The van der Waals surface area contributed by atoms with Crippen LogP contribution in [0.4, 0.5) is 10.2 Å². The van der Waals surface area contributed by atoms with Crippen molar-refractivity contribution < 1.29 is 19.3 Å². The van der Waals surface area contributed by atoms with Crippen molar-refractivity contribution in [3.05, 3.63) is 21.2 Å². The Morgan fingerprint density at radius 3 is 2.89 bits per heavy atom. The van der Waals surface area contributed by atoms with E-state index in [9.17, 15) is 14.3 Å². The van der Waals surface area contributed by atoms with E-state index in [2.05, 4.69) is 20.9 Å². The number of alkyl halides is 1. The Bertz CT molecular complexity index is 511. The summed E-state index contributed by atoms with van der Waals surface area (Å²) in [4.78, 5) is 15.1. The molecule has 4 N–H and O–H groups in total. The summed E-state index contributed by atoms with van der Waals surface area (Å²) in [5.41, 5.74) is 4.61. The summed E-state index contributed by atoms with van der Waals surface area (Å²) >= 11 is 3.06. The van der Waals surface area contributed by atoms with Gasteiger partial charge in [0.05, 0.1) is 11.1 Å². The topological polar surface area (TPSA) is 111 Å². The van der Waals surface area contributed by atoms with Crippen molar-refractivity contribution in [1.82, 2.24) is 9.55 Å². The molecule has 1 aliphatic rings. The highest BCUT2D eigenvalue weighted by Crippen LogP contribution is 2.31. The maximum absolute atomic E-state index is 13.8. The van der Waals surface area contributed by atoms with Gasteiger partial charge in [0.25, 0.3) is 0 Å². The molecule has 0 amide bonds. The molecule has 0 bridgehead atoms. The van der Waals surface area contributed by atoms with Crippen LogP contribution >= 0.6 is 15.9 Å². The minimum Gasteiger partial charge on any atom is -0.394 e. The molecular formula is C9H11BrFN3O4. The van der Waals surface area contributed by atoms with Gasteiger partial charge in [0.2, 0.25) is 0 Å². The van der Waals surface area contributed by atoms with E-state index in [1.54, 1.807) is 0 Å². The Morgan fingerprint density at radius 2 is 2.33 bits per heavy atom. The highest BCUT2D eigenvalue weighted by Gasteiger charge is 2.45. The molecule has 1 aromatic heterocycles. The fourth-order valence-corrected chi connectivity index (χ4v) is 2.03. The second kappa shape index (κ2) is 4.92. The number of nitrogen functional groups attached to an aromatic ring is 1. The zero-order valence-corrected chi connectivity index (χ0v) is 10.6. The predicted molar refractivity (Wildman–Crippen MR) is 62.5 cm³/mol. The molecule has 2 rings (SSSR count). The van der Waals surface area contributed by atoms with Crippen LogP contribution in [0.25, 0.3) is 0 Å². The fraction of sp³-hybridized carbons (Fsp3) is 0.556. The standard InChI is InChI=1S/C9H11BrFN3O4/c10-3-1-14(9(17)13-7(3)12)8-5(11)6(16)4(2-15)18-8/h1,4-6,8,15-16H,2H2,(H2,12,13,17)/t4-,5-,6?,8-/m1/s1. The van der Waals surface area contributed by atoms with Crippen molar-refractivity contribution in [3.8, 4) is 0 Å². The molecule has 0 saturated carbocycles. The van der Waals surface area contributed by atoms with Gasteiger partial charge in [-0.1, -0.05) is 0 Å². The summed E-state index contributed by atoms with van der Waals surface area (Å²) in [7, 11) is 0. The molecule has 0 aromatic carbocycles. The molecule has 9 heteroatoms. The minimum absolute atomic E-state index is 0.0242. The molecule has 1 fully saturated rings. The molecule has 0 spiro atoms. The maximum atomic E-state index is 13.8. The average Bonchev–Trinajstić information content (AvgIpc) is 2.61. The molecule has 2 heterocycles. The van der Waals surface area contributed by atoms with Crippen molar-refractivity contribution in [2.45, 2.75) is 24.6 Å². The van der Waals surface area contributed by atoms with Gasteiger partial charge in [-0.3, -0.25) is 4.57 Å². The number of nitrogens with zero attached hydrogens (tertiary/aromatic N) is 2. The largest absolute Gasteiger partial charge is 0.394 e. The first kappa shape index (κ1) is 13.4. The number of anilines is 1. The first-order valence-corrected chi connectivity index (χ1v) is 5.87. The lowest BCUT2D eigenvalue weighted by molar-refractivity contribution is -0.0491. The van der Waals surface area contributed by atoms with E-state index in [-0.39, 0.29) is 5.82 Å². The average molecular weight is 324 g/mol. The fourth-order valence-electron chi connectivity index (χ4n) is 1.72. The van der Waals surface area contributed by atoms with E-state index >= 15 is 0 Å². The van der Waals surface area contributed by atoms with Crippen molar-refractivity contribution >= 4 is 21.7 Å². The van der Waals surface area contributed by atoms with Gasteiger partial charge in [-0.25, -0.2) is 9.18 Å². The van der Waals surface area contributed by atoms with Crippen LogP contribution in [0, 0.1) is 0 Å². The third-order valence-electron chi connectivity index (χ3n) is 2.68. The first-order valence-electron chi connectivity index (χ1n) is 5.08. The number of rotatable bonds is 2. The molecule has 1 aromatic rings. The van der Waals surface area contributed by atoms with Crippen LogP contribution in [-0.2, 0) is 4.74 Å². The van der Waals surface area contributed by atoms with Crippen LogP contribution in [0.5, 0.6) is 0 Å². The number of ether oxygens (including phenoxy) is 1. The predicted octanol–water partition coefficient (Wildman–Crippen LogP) is -0.823. The van der Waals surface area contributed by atoms with Gasteiger partial charge in [0.1, 0.15) is 18.0 Å². The number of aromatic nitrogens is 2. The Morgan fingerprint density at radius 1 is 1.67 bits per heavy atom. The third-order valence-corrected chi connectivity index (χ3v) is 3.29. The van der Waals surface area contributed by atoms with Crippen LogP contribution in [-0.4, -0.2) is 44.8 Å². The molecule has 18 heavy (non-hydrogen) atoms. The highest BCUT2D eigenvalue weighted by atomic mass is 79.9. The molecule has 1 unspecified atom stereocenters. The van der Waals surface area contributed by atoms with Gasteiger partial charge in [-0.15, -0.1) is 0 Å². The number of aliphatic hydroxyl groups is 2. The van der Waals surface area contributed by atoms with Crippen molar-refractivity contribution in [1.29, 1.82) is 0 Å². The van der Waals surface area contributed by atoms with Gasteiger partial charge in [-0.05, 0) is 15.9 Å². The zero-order valence-electron chi connectivity index (χ0n) is 9.03. The van der Waals surface area contributed by atoms with Crippen molar-refractivity contribution in [2.24, 2.45) is 0 Å². The summed E-state index contributed by atoms with van der Waals surface area (Å²) in [6.45, 7) is -0.545. The summed E-state index contributed by atoms with van der Waals surface area (Å²) in [5.74, 6) is -0.0242. The van der Waals surface area contributed by atoms with Crippen LogP contribution < -0.4 is 11.4 Å². The van der Waals surface area contributed by atoms with E-state index in [1.807, 2.05) is 0 Å². The Balaban J connectivity index is 2.39. The molecule has 4 atom stereocenters. The van der Waals surface area contributed by atoms with Crippen LogP contribution in [0.2, 0.25) is 0 Å². The Kier molecular flexibility index (Phi) is 3.66. The summed E-state index contributed by atoms with van der Waals surface area (Å²) in [6, 6.07) is 0. The van der Waals surface area contributed by atoms with Gasteiger partial charge in [0.15, 0.2) is 12.4 Å². The van der Waals surface area contributed by atoms with Crippen molar-refractivity contribution in [2.75, 3.05) is 12.3 Å². The van der Waals surface area contributed by atoms with Crippen LogP contribution in [0.3, 0.4) is 0 Å². The molecule has 1 aliphatic heterocycles. The highest BCUT2D eigenvalue weighted by molar-refractivity contribution is 9.10. The summed E-state index contributed by atoms with van der Waals surface area (Å²) in [6.07, 6.45) is -4.52. The SMILES string of the molecule is Nc1nc(=O)n([C@@H]2O[C@H](CO)C(O)[C@H]2F)cc1Br. The van der Waals surface area contributed by atoms with E-state index in [1.165, 1.54) is 6.20 Å².